The fourth-order valence-corrected chi connectivity index (χ4v) is 2.44. The average Bonchev–Trinajstić information content (AvgIpc) is 2.37. The van der Waals surface area contributed by atoms with E-state index in [1.165, 1.54) is 18.6 Å². The Balaban J connectivity index is 2.32. The third-order valence-corrected chi connectivity index (χ3v) is 3.38. The molecule has 2 heteroatoms. The summed E-state index contributed by atoms with van der Waals surface area (Å²) in [5, 5.41) is 0.627. The fraction of sp³-hybridized carbons (Fsp3) is 0.857. The summed E-state index contributed by atoms with van der Waals surface area (Å²) in [6, 6.07) is 0. The normalized spacial score (nSPS) is 30.1. The molecule has 52 valence electrons. The zero-order valence-electron chi connectivity index (χ0n) is 5.67. The van der Waals surface area contributed by atoms with E-state index in [1.54, 1.807) is 0 Å². The van der Waals surface area contributed by atoms with Gasteiger partial charge in [0.2, 0.25) is 0 Å². The van der Waals surface area contributed by atoms with Crippen molar-refractivity contribution in [3.05, 3.63) is 0 Å². The van der Waals surface area contributed by atoms with Crippen LogP contribution in [0.2, 0.25) is 0 Å². The summed E-state index contributed by atoms with van der Waals surface area (Å²) in [7, 11) is 0. The van der Waals surface area contributed by atoms with Crippen molar-refractivity contribution in [2.45, 2.75) is 25.0 Å². The van der Waals surface area contributed by atoms with Gasteiger partial charge in [0, 0.05) is 11.2 Å². The summed E-state index contributed by atoms with van der Waals surface area (Å²) in [5.41, 5.74) is 0. The molecule has 0 aromatic carbocycles. The molecule has 1 fully saturated rings. The molecule has 0 aromatic rings. The minimum atomic E-state index is 0.275. The third kappa shape index (κ3) is 1.71. The zero-order valence-corrected chi connectivity index (χ0v) is 6.49. The first-order valence-electron chi connectivity index (χ1n) is 3.41. The molecule has 1 heterocycles. The molecule has 9 heavy (non-hydrogen) atoms. The van der Waals surface area contributed by atoms with Crippen LogP contribution in [-0.4, -0.2) is 17.3 Å². The van der Waals surface area contributed by atoms with Gasteiger partial charge in [0.05, 0.1) is 0 Å². The topological polar surface area (TPSA) is 17.1 Å². The van der Waals surface area contributed by atoms with Gasteiger partial charge < -0.3 is 4.79 Å². The van der Waals surface area contributed by atoms with Crippen LogP contribution in [0.1, 0.15) is 19.8 Å². The van der Waals surface area contributed by atoms with E-state index in [-0.39, 0.29) is 5.92 Å². The van der Waals surface area contributed by atoms with Crippen molar-refractivity contribution in [3.63, 3.8) is 0 Å². The zero-order chi connectivity index (χ0) is 6.69. The lowest BCUT2D eigenvalue weighted by molar-refractivity contribution is -0.110. The third-order valence-electron chi connectivity index (χ3n) is 1.77. The molecule has 2 atom stereocenters. The monoisotopic (exact) mass is 144 g/mol. The minimum absolute atomic E-state index is 0.275. The summed E-state index contributed by atoms with van der Waals surface area (Å²) in [4.78, 5) is 10.3. The molecular formula is C7H12OS. The predicted octanol–water partition coefficient (Wildman–Crippen LogP) is 1.72. The van der Waals surface area contributed by atoms with E-state index in [0.717, 1.165) is 6.29 Å². The van der Waals surface area contributed by atoms with Crippen LogP contribution in [0.4, 0.5) is 0 Å². The molecule has 0 aliphatic carbocycles. The van der Waals surface area contributed by atoms with Gasteiger partial charge >= 0.3 is 0 Å². The van der Waals surface area contributed by atoms with Crippen LogP contribution in [0.15, 0.2) is 0 Å². The predicted molar refractivity (Wildman–Crippen MR) is 40.7 cm³/mol. The Morgan fingerprint density at radius 2 is 2.56 bits per heavy atom. The molecule has 1 nitrogen and oxygen atoms in total. The molecule has 1 rings (SSSR count). The van der Waals surface area contributed by atoms with Crippen LogP contribution in [0.25, 0.3) is 0 Å². The summed E-state index contributed by atoms with van der Waals surface area (Å²) >= 11 is 1.94. The van der Waals surface area contributed by atoms with Gasteiger partial charge in [-0.05, 0) is 18.6 Å². The second-order valence-electron chi connectivity index (χ2n) is 2.55. The van der Waals surface area contributed by atoms with Crippen molar-refractivity contribution in [1.29, 1.82) is 0 Å². The average molecular weight is 144 g/mol. The fourth-order valence-electron chi connectivity index (χ4n) is 1.10. The highest BCUT2D eigenvalue weighted by molar-refractivity contribution is 8.00. The van der Waals surface area contributed by atoms with Crippen LogP contribution >= 0.6 is 11.8 Å². The quantitative estimate of drug-likeness (QED) is 0.549. The second-order valence-corrected chi connectivity index (χ2v) is 3.89. The van der Waals surface area contributed by atoms with E-state index in [2.05, 4.69) is 0 Å². The lowest BCUT2D eigenvalue weighted by atomic mass is 10.1. The number of carbonyl (C=O) groups is 1. The molecule has 1 aliphatic heterocycles. The number of rotatable bonds is 2. The van der Waals surface area contributed by atoms with E-state index in [0.29, 0.717) is 5.25 Å². The molecule has 0 N–H and O–H groups in total. The Morgan fingerprint density at radius 3 is 3.00 bits per heavy atom. The Bertz CT molecular complexity index is 97.1. The number of hydrogen-bond donors (Lipinski definition) is 0. The van der Waals surface area contributed by atoms with Gasteiger partial charge in [-0.25, -0.2) is 0 Å². The molecule has 0 radical (unpaired) electrons. The van der Waals surface area contributed by atoms with Crippen molar-refractivity contribution in [2.75, 3.05) is 5.75 Å². The van der Waals surface area contributed by atoms with Gasteiger partial charge in [0.25, 0.3) is 0 Å². The molecule has 2 unspecified atom stereocenters. The maximum Gasteiger partial charge on any atom is 0.123 e. The Labute approximate surface area is 60.2 Å². The van der Waals surface area contributed by atoms with Gasteiger partial charge in [0.15, 0.2) is 0 Å². The maximum absolute atomic E-state index is 10.3. The van der Waals surface area contributed by atoms with Crippen molar-refractivity contribution < 1.29 is 4.79 Å². The molecule has 0 bridgehead atoms. The van der Waals surface area contributed by atoms with Crippen LogP contribution in [-0.2, 0) is 4.79 Å². The molecule has 0 aromatic heterocycles. The van der Waals surface area contributed by atoms with Crippen LogP contribution in [0.3, 0.4) is 0 Å². The number of thioether (sulfide) groups is 1. The van der Waals surface area contributed by atoms with Gasteiger partial charge in [-0.15, -0.1) is 0 Å². The lowest BCUT2D eigenvalue weighted by Gasteiger charge is -2.09. The van der Waals surface area contributed by atoms with E-state index < -0.39 is 0 Å². The highest BCUT2D eigenvalue weighted by atomic mass is 32.2. The first-order chi connectivity index (χ1) is 4.34. The summed E-state index contributed by atoms with van der Waals surface area (Å²) in [6.45, 7) is 2.01. The summed E-state index contributed by atoms with van der Waals surface area (Å²) in [6.07, 6.45) is 3.61. The van der Waals surface area contributed by atoms with E-state index in [4.69, 9.17) is 0 Å². The van der Waals surface area contributed by atoms with Crippen molar-refractivity contribution in [1.82, 2.24) is 0 Å². The highest BCUT2D eigenvalue weighted by Gasteiger charge is 2.20. The van der Waals surface area contributed by atoms with E-state index in [9.17, 15) is 4.79 Å². The van der Waals surface area contributed by atoms with Crippen molar-refractivity contribution in [2.24, 2.45) is 5.92 Å². The largest absolute Gasteiger partial charge is 0.303 e. The van der Waals surface area contributed by atoms with Crippen LogP contribution < -0.4 is 0 Å². The van der Waals surface area contributed by atoms with Crippen molar-refractivity contribution >= 4 is 18.0 Å². The number of aldehydes is 1. The molecule has 0 saturated carbocycles. The number of carbonyl (C=O) groups excluding carboxylic acids is 1. The molecular weight excluding hydrogens is 132 g/mol. The lowest BCUT2D eigenvalue weighted by Crippen LogP contribution is -2.11. The second kappa shape index (κ2) is 3.25. The first kappa shape index (κ1) is 7.13. The first-order valence-corrected chi connectivity index (χ1v) is 4.46. The standard InChI is InChI=1S/C7H12OS/c1-6(5-8)7-3-2-4-9-7/h5-7H,2-4H2,1H3. The van der Waals surface area contributed by atoms with E-state index in [1.807, 2.05) is 18.7 Å². The maximum atomic E-state index is 10.3. The Hall–Kier alpha value is 0.0200. The van der Waals surface area contributed by atoms with Crippen LogP contribution in [0, 0.1) is 5.92 Å². The summed E-state index contributed by atoms with van der Waals surface area (Å²) < 4.78 is 0. The Kier molecular flexibility index (Phi) is 2.58. The van der Waals surface area contributed by atoms with Gasteiger partial charge in [-0.2, -0.15) is 11.8 Å². The molecule has 0 amide bonds. The van der Waals surface area contributed by atoms with Gasteiger partial charge in [0.1, 0.15) is 6.29 Å². The van der Waals surface area contributed by atoms with Crippen molar-refractivity contribution in [3.8, 4) is 0 Å². The highest BCUT2D eigenvalue weighted by Crippen LogP contribution is 2.30. The van der Waals surface area contributed by atoms with Crippen LogP contribution in [0.5, 0.6) is 0 Å². The Morgan fingerprint density at radius 1 is 1.78 bits per heavy atom. The summed E-state index contributed by atoms with van der Waals surface area (Å²) in [5.74, 6) is 1.53. The number of hydrogen-bond acceptors (Lipinski definition) is 2. The van der Waals surface area contributed by atoms with Gasteiger partial charge in [-0.3, -0.25) is 0 Å². The smallest absolute Gasteiger partial charge is 0.123 e. The molecule has 1 saturated heterocycles. The van der Waals surface area contributed by atoms with E-state index >= 15 is 0 Å². The van der Waals surface area contributed by atoms with Gasteiger partial charge in [-0.1, -0.05) is 6.92 Å². The SMILES string of the molecule is CC(C=O)C1CCCS1. The molecule has 0 spiro atoms. The minimum Gasteiger partial charge on any atom is -0.303 e. The molecule has 1 aliphatic rings.